The summed E-state index contributed by atoms with van der Waals surface area (Å²) in [6.45, 7) is 2.72. The van der Waals surface area contributed by atoms with Crippen LogP contribution in [0.25, 0.3) is 0 Å². The number of hydrogen-bond acceptors (Lipinski definition) is 3. The van der Waals surface area contributed by atoms with Crippen molar-refractivity contribution < 1.29 is 47.4 Å². The number of likely N-dealkylation sites (tertiary alicyclic amines) is 1. The number of piperidine rings is 1. The third-order valence-electron chi connectivity index (χ3n) is 2.84. The second kappa shape index (κ2) is 6.07. The van der Waals surface area contributed by atoms with Gasteiger partial charge in [-0.05, 0) is 25.9 Å². The Hall–Kier alpha value is 0.204. The Balaban J connectivity index is 0.00000196. The van der Waals surface area contributed by atoms with Crippen molar-refractivity contribution in [3.63, 3.8) is 0 Å². The summed E-state index contributed by atoms with van der Waals surface area (Å²) in [6.07, 6.45) is 1.45. The number of carbonyl (C=O) groups is 2. The molecular formula is C10H16NO3Y-. The van der Waals surface area contributed by atoms with Crippen LogP contribution in [0.4, 0.5) is 0 Å². The first kappa shape index (κ1) is 15.2. The second-order valence-corrected chi connectivity index (χ2v) is 3.82. The van der Waals surface area contributed by atoms with E-state index in [0.29, 0.717) is 6.42 Å². The van der Waals surface area contributed by atoms with Gasteiger partial charge >= 0.3 is 5.97 Å². The molecule has 0 aromatic heterocycles. The van der Waals surface area contributed by atoms with Crippen molar-refractivity contribution >= 4 is 11.8 Å². The summed E-state index contributed by atoms with van der Waals surface area (Å²) in [5, 5.41) is 9.13. The Morgan fingerprint density at radius 3 is 2.53 bits per heavy atom. The molecule has 83 valence electrons. The minimum absolute atomic E-state index is 0. The number of aliphatic carboxylic acids is 1. The summed E-state index contributed by atoms with van der Waals surface area (Å²) in [7, 11) is 3.71. The molecule has 0 bridgehead atoms. The van der Waals surface area contributed by atoms with E-state index in [4.69, 9.17) is 5.11 Å². The van der Waals surface area contributed by atoms with E-state index in [-0.39, 0.29) is 51.5 Å². The maximum atomic E-state index is 11.6. The average Bonchev–Trinajstić information content (AvgIpc) is 2.16. The number of hydrogen-bond donors (Lipinski definition) is 1. The summed E-state index contributed by atoms with van der Waals surface area (Å²) in [6, 6.07) is 0. The van der Waals surface area contributed by atoms with E-state index in [0.717, 1.165) is 13.0 Å². The molecule has 15 heavy (non-hydrogen) atoms. The third kappa shape index (κ3) is 3.08. The molecule has 0 aromatic rings. The van der Waals surface area contributed by atoms with Gasteiger partial charge in [0.25, 0.3) is 0 Å². The van der Waals surface area contributed by atoms with E-state index in [2.05, 4.69) is 7.05 Å². The molecule has 0 amide bonds. The van der Waals surface area contributed by atoms with Crippen molar-refractivity contribution in [2.24, 2.45) is 5.41 Å². The number of carboxylic acids is 1. The van der Waals surface area contributed by atoms with Crippen molar-refractivity contribution in [2.45, 2.75) is 26.2 Å². The van der Waals surface area contributed by atoms with Gasteiger partial charge in [0.05, 0.1) is 0 Å². The Bertz CT molecular complexity index is 257. The van der Waals surface area contributed by atoms with Gasteiger partial charge < -0.3 is 10.0 Å². The zero-order chi connectivity index (χ0) is 10.8. The van der Waals surface area contributed by atoms with Crippen molar-refractivity contribution in [1.82, 2.24) is 4.90 Å². The van der Waals surface area contributed by atoms with E-state index in [1.54, 1.807) is 11.8 Å². The van der Waals surface area contributed by atoms with E-state index in [1.807, 2.05) is 0 Å². The van der Waals surface area contributed by atoms with E-state index in [9.17, 15) is 9.59 Å². The maximum absolute atomic E-state index is 11.6. The maximum Gasteiger partial charge on any atom is 0.318 e. The Kier molecular flexibility index (Phi) is 6.15. The average molecular weight is 287 g/mol. The fraction of sp³-hybridized carbons (Fsp3) is 0.700. The summed E-state index contributed by atoms with van der Waals surface area (Å²) in [4.78, 5) is 24.5. The Morgan fingerprint density at radius 1 is 1.53 bits per heavy atom. The van der Waals surface area contributed by atoms with Gasteiger partial charge in [0.15, 0.2) is 5.78 Å². The second-order valence-electron chi connectivity index (χ2n) is 3.82. The summed E-state index contributed by atoms with van der Waals surface area (Å²) in [5.74, 6) is -1.18. The zero-order valence-corrected chi connectivity index (χ0v) is 11.9. The summed E-state index contributed by atoms with van der Waals surface area (Å²) < 4.78 is 0. The summed E-state index contributed by atoms with van der Waals surface area (Å²) >= 11 is 0. The van der Waals surface area contributed by atoms with Crippen LogP contribution in [-0.2, 0) is 42.3 Å². The topological polar surface area (TPSA) is 57.6 Å². The van der Waals surface area contributed by atoms with Gasteiger partial charge in [-0.2, -0.15) is 0 Å². The smallest absolute Gasteiger partial charge is 0.318 e. The molecule has 0 aliphatic carbocycles. The number of rotatable bonds is 3. The van der Waals surface area contributed by atoms with Crippen LogP contribution < -0.4 is 0 Å². The van der Waals surface area contributed by atoms with Gasteiger partial charge in [-0.15, -0.1) is 0 Å². The molecule has 1 fully saturated rings. The van der Waals surface area contributed by atoms with Crippen molar-refractivity contribution in [3.05, 3.63) is 7.05 Å². The third-order valence-corrected chi connectivity index (χ3v) is 2.84. The van der Waals surface area contributed by atoms with Crippen LogP contribution in [0.15, 0.2) is 0 Å². The number of carboxylic acid groups (broad SMARTS) is 1. The molecule has 5 heteroatoms. The predicted octanol–water partition coefficient (Wildman–Crippen LogP) is 0.921. The fourth-order valence-electron chi connectivity index (χ4n) is 2.00. The molecule has 1 radical (unpaired) electrons. The van der Waals surface area contributed by atoms with Crippen LogP contribution in [0, 0.1) is 12.5 Å². The van der Waals surface area contributed by atoms with E-state index < -0.39 is 11.4 Å². The first-order valence-corrected chi connectivity index (χ1v) is 4.85. The molecule has 0 spiro atoms. The monoisotopic (exact) mass is 287 g/mol. The van der Waals surface area contributed by atoms with Crippen LogP contribution >= 0.6 is 0 Å². The molecular weight excluding hydrogens is 271 g/mol. The molecule has 1 saturated heterocycles. The molecule has 4 nitrogen and oxygen atoms in total. The minimum Gasteiger partial charge on any atom is -0.480 e. The Labute approximate surface area is 115 Å². The summed E-state index contributed by atoms with van der Waals surface area (Å²) in [5.41, 5.74) is -1.20. The molecule has 1 aliphatic heterocycles. The van der Waals surface area contributed by atoms with Crippen molar-refractivity contribution in [1.29, 1.82) is 0 Å². The first-order chi connectivity index (χ1) is 6.53. The SMILES string of the molecule is [CH2-]N1CCCC(C(=O)O)(C(=O)CC)C1.[Y]. The number of ketones is 1. The molecule has 1 rings (SSSR count). The standard InChI is InChI=1S/C10H16NO3.Y/c1-3-8(12)10(9(13)14)5-4-6-11(2)7-10;/h2-7H2,1H3,(H,13,14);/q-1;. The van der Waals surface area contributed by atoms with Gasteiger partial charge in [0.1, 0.15) is 5.41 Å². The number of carbonyl (C=O) groups excluding carboxylic acids is 1. The van der Waals surface area contributed by atoms with Gasteiger partial charge in [0, 0.05) is 39.1 Å². The quantitative estimate of drug-likeness (QED) is 0.619. The van der Waals surface area contributed by atoms with Gasteiger partial charge in [0.2, 0.25) is 0 Å². The van der Waals surface area contributed by atoms with E-state index >= 15 is 0 Å². The van der Waals surface area contributed by atoms with Crippen LogP contribution in [0.1, 0.15) is 26.2 Å². The fourth-order valence-corrected chi connectivity index (χ4v) is 2.00. The van der Waals surface area contributed by atoms with Gasteiger partial charge in [-0.25, -0.2) is 0 Å². The Morgan fingerprint density at radius 2 is 2.13 bits per heavy atom. The van der Waals surface area contributed by atoms with Crippen LogP contribution in [0.5, 0.6) is 0 Å². The minimum atomic E-state index is -1.20. The van der Waals surface area contributed by atoms with Gasteiger partial charge in [-0.3, -0.25) is 16.6 Å². The molecule has 1 N–H and O–H groups in total. The predicted molar refractivity (Wildman–Crippen MR) is 51.5 cm³/mol. The molecule has 1 unspecified atom stereocenters. The van der Waals surface area contributed by atoms with Crippen LogP contribution in [-0.4, -0.2) is 34.8 Å². The van der Waals surface area contributed by atoms with Crippen LogP contribution in [0.2, 0.25) is 0 Å². The molecule has 1 aliphatic rings. The van der Waals surface area contributed by atoms with Crippen molar-refractivity contribution in [2.75, 3.05) is 13.1 Å². The first-order valence-electron chi connectivity index (χ1n) is 4.85. The zero-order valence-electron chi connectivity index (χ0n) is 9.03. The van der Waals surface area contributed by atoms with Crippen molar-refractivity contribution in [3.8, 4) is 0 Å². The normalized spacial score (nSPS) is 26.8. The molecule has 0 saturated carbocycles. The molecule has 0 aromatic carbocycles. The largest absolute Gasteiger partial charge is 0.480 e. The van der Waals surface area contributed by atoms with E-state index in [1.165, 1.54) is 0 Å². The number of nitrogens with zero attached hydrogens (tertiary/aromatic N) is 1. The molecule has 1 atom stereocenters. The van der Waals surface area contributed by atoms with Crippen LogP contribution in [0.3, 0.4) is 0 Å². The molecule has 1 heterocycles. The number of Topliss-reactive ketones (excluding diaryl/α,β-unsaturated/α-hetero) is 1. The van der Waals surface area contributed by atoms with Gasteiger partial charge in [-0.1, -0.05) is 6.92 Å².